The predicted molar refractivity (Wildman–Crippen MR) is 83.3 cm³/mol. The Labute approximate surface area is 127 Å². The number of methoxy groups -OCH3 is 1. The second-order valence-electron chi connectivity index (χ2n) is 4.48. The third-order valence-corrected chi connectivity index (χ3v) is 3.25. The number of non-ortho nitro benzene ring substituents is 1. The molecule has 0 unspecified atom stereocenters. The molecule has 0 saturated heterocycles. The van der Waals surface area contributed by atoms with E-state index in [1.807, 2.05) is 24.3 Å². The molecule has 0 aromatic heterocycles. The Hall–Kier alpha value is -2.27. The molecule has 0 atom stereocenters. The number of anilines is 1. The van der Waals surface area contributed by atoms with Crippen molar-refractivity contribution in [2.75, 3.05) is 19.0 Å². The Balaban J connectivity index is 2.00. The van der Waals surface area contributed by atoms with Crippen LogP contribution in [-0.2, 0) is 6.42 Å². The molecule has 21 heavy (non-hydrogen) atoms. The summed E-state index contributed by atoms with van der Waals surface area (Å²) in [6, 6.07) is 12.2. The molecule has 0 amide bonds. The van der Waals surface area contributed by atoms with Crippen molar-refractivity contribution in [2.24, 2.45) is 0 Å². The Bertz CT molecular complexity index is 629. The van der Waals surface area contributed by atoms with E-state index in [2.05, 4.69) is 5.32 Å². The minimum Gasteiger partial charge on any atom is -0.496 e. The molecule has 5 nitrogen and oxygen atoms in total. The van der Waals surface area contributed by atoms with Crippen molar-refractivity contribution < 1.29 is 9.66 Å². The van der Waals surface area contributed by atoms with Gasteiger partial charge in [-0.25, -0.2) is 0 Å². The van der Waals surface area contributed by atoms with E-state index in [1.165, 1.54) is 19.2 Å². The molecule has 0 heterocycles. The second-order valence-corrected chi connectivity index (χ2v) is 4.92. The van der Waals surface area contributed by atoms with Crippen LogP contribution in [0.15, 0.2) is 42.5 Å². The van der Waals surface area contributed by atoms with E-state index in [9.17, 15) is 10.1 Å². The Kier molecular flexibility index (Phi) is 5.00. The van der Waals surface area contributed by atoms with Crippen LogP contribution in [0.2, 0.25) is 5.02 Å². The van der Waals surface area contributed by atoms with E-state index in [4.69, 9.17) is 16.3 Å². The number of nitrogens with zero attached hydrogens (tertiary/aromatic N) is 1. The van der Waals surface area contributed by atoms with Gasteiger partial charge in [-0.1, -0.05) is 23.7 Å². The minimum atomic E-state index is -0.438. The van der Waals surface area contributed by atoms with Crippen LogP contribution < -0.4 is 10.1 Å². The van der Waals surface area contributed by atoms with Crippen molar-refractivity contribution in [1.82, 2.24) is 0 Å². The molecule has 0 aliphatic carbocycles. The van der Waals surface area contributed by atoms with Gasteiger partial charge in [0.25, 0.3) is 5.69 Å². The maximum atomic E-state index is 10.9. The van der Waals surface area contributed by atoms with Gasteiger partial charge in [0.1, 0.15) is 5.75 Å². The Morgan fingerprint density at radius 1 is 1.24 bits per heavy atom. The van der Waals surface area contributed by atoms with Gasteiger partial charge in [0.05, 0.1) is 18.1 Å². The predicted octanol–water partition coefficient (Wildman–Crippen LogP) is 3.91. The zero-order chi connectivity index (χ0) is 15.2. The van der Waals surface area contributed by atoms with Crippen molar-refractivity contribution in [3.63, 3.8) is 0 Å². The number of hydrogen-bond acceptors (Lipinski definition) is 4. The zero-order valence-corrected chi connectivity index (χ0v) is 12.3. The molecule has 1 N–H and O–H groups in total. The molecule has 110 valence electrons. The van der Waals surface area contributed by atoms with Gasteiger partial charge in [-0.3, -0.25) is 10.1 Å². The second kappa shape index (κ2) is 6.95. The first kappa shape index (κ1) is 15.1. The van der Waals surface area contributed by atoms with Crippen molar-refractivity contribution in [3.8, 4) is 5.75 Å². The molecular weight excluding hydrogens is 292 g/mol. The molecular formula is C15H15ClN2O3. The molecule has 2 rings (SSSR count). The summed E-state index contributed by atoms with van der Waals surface area (Å²) < 4.78 is 5.06. The number of ether oxygens (including phenoxy) is 1. The summed E-state index contributed by atoms with van der Waals surface area (Å²) in [5.41, 5.74) is 1.81. The highest BCUT2D eigenvalue weighted by Gasteiger charge is 2.09. The Morgan fingerprint density at radius 3 is 2.57 bits per heavy atom. The summed E-state index contributed by atoms with van der Waals surface area (Å²) >= 11 is 5.83. The first-order valence-electron chi connectivity index (χ1n) is 6.40. The van der Waals surface area contributed by atoms with Gasteiger partial charge in [-0.2, -0.15) is 0 Å². The van der Waals surface area contributed by atoms with Crippen molar-refractivity contribution >= 4 is 23.0 Å². The molecule has 0 aliphatic heterocycles. The summed E-state index contributed by atoms with van der Waals surface area (Å²) in [7, 11) is 1.48. The van der Waals surface area contributed by atoms with Crippen molar-refractivity contribution in [2.45, 2.75) is 6.42 Å². The largest absolute Gasteiger partial charge is 0.496 e. The monoisotopic (exact) mass is 306 g/mol. The fourth-order valence-electron chi connectivity index (χ4n) is 1.91. The molecule has 0 aliphatic rings. The average Bonchev–Trinajstić information content (AvgIpc) is 2.49. The van der Waals surface area contributed by atoms with Gasteiger partial charge in [0.2, 0.25) is 0 Å². The van der Waals surface area contributed by atoms with E-state index < -0.39 is 4.92 Å². The molecule has 6 heteroatoms. The van der Waals surface area contributed by atoms with E-state index in [1.54, 1.807) is 6.07 Å². The summed E-state index contributed by atoms with van der Waals surface area (Å²) in [4.78, 5) is 10.4. The van der Waals surface area contributed by atoms with Gasteiger partial charge in [-0.05, 0) is 24.1 Å². The lowest BCUT2D eigenvalue weighted by Crippen LogP contribution is -2.05. The van der Waals surface area contributed by atoms with Crippen molar-refractivity contribution in [1.29, 1.82) is 0 Å². The SMILES string of the molecule is COc1cc(NCCc2ccc(Cl)cc2)cc([N+](=O)[O-])c1. The number of nitrogens with one attached hydrogen (secondary N) is 1. The van der Waals surface area contributed by atoms with Gasteiger partial charge in [-0.15, -0.1) is 0 Å². The van der Waals surface area contributed by atoms with Crippen LogP contribution in [0.1, 0.15) is 5.56 Å². The number of rotatable bonds is 6. The molecule has 0 saturated carbocycles. The van der Waals surface area contributed by atoms with Crippen LogP contribution in [0.25, 0.3) is 0 Å². The van der Waals surface area contributed by atoms with Gasteiger partial charge >= 0.3 is 0 Å². The van der Waals surface area contributed by atoms with E-state index >= 15 is 0 Å². The number of hydrogen-bond donors (Lipinski definition) is 1. The summed E-state index contributed by atoms with van der Waals surface area (Å²) in [6.45, 7) is 0.659. The fraction of sp³-hybridized carbons (Fsp3) is 0.200. The highest BCUT2D eigenvalue weighted by atomic mass is 35.5. The summed E-state index contributed by atoms with van der Waals surface area (Å²) in [5, 5.41) is 14.7. The first-order valence-corrected chi connectivity index (χ1v) is 6.78. The summed E-state index contributed by atoms with van der Waals surface area (Å²) in [6.07, 6.45) is 0.794. The summed E-state index contributed by atoms with van der Waals surface area (Å²) in [5.74, 6) is 0.457. The molecule has 0 fully saturated rings. The van der Waals surface area contributed by atoms with E-state index in [-0.39, 0.29) is 5.69 Å². The van der Waals surface area contributed by atoms with Crippen LogP contribution in [-0.4, -0.2) is 18.6 Å². The Morgan fingerprint density at radius 2 is 1.95 bits per heavy atom. The van der Waals surface area contributed by atoms with Gasteiger partial charge < -0.3 is 10.1 Å². The lowest BCUT2D eigenvalue weighted by atomic mass is 10.1. The smallest absolute Gasteiger partial charge is 0.275 e. The van der Waals surface area contributed by atoms with E-state index in [0.717, 1.165) is 12.0 Å². The quantitative estimate of drug-likeness (QED) is 0.649. The number of nitro benzene ring substituents is 1. The van der Waals surface area contributed by atoms with Crippen LogP contribution in [0.4, 0.5) is 11.4 Å². The maximum absolute atomic E-state index is 10.9. The van der Waals surface area contributed by atoms with E-state index in [0.29, 0.717) is 23.0 Å². The first-order chi connectivity index (χ1) is 10.1. The number of benzene rings is 2. The highest BCUT2D eigenvalue weighted by Crippen LogP contribution is 2.25. The van der Waals surface area contributed by atoms with Crippen molar-refractivity contribution in [3.05, 3.63) is 63.2 Å². The lowest BCUT2D eigenvalue weighted by Gasteiger charge is -2.08. The fourth-order valence-corrected chi connectivity index (χ4v) is 2.04. The van der Waals surface area contributed by atoms with Crippen LogP contribution >= 0.6 is 11.6 Å². The van der Waals surface area contributed by atoms with Crippen LogP contribution in [0.5, 0.6) is 5.75 Å². The minimum absolute atomic E-state index is 0.00310. The standard InChI is InChI=1S/C15H15ClN2O3/c1-21-15-9-13(8-14(10-15)18(19)20)17-7-6-11-2-4-12(16)5-3-11/h2-5,8-10,17H,6-7H2,1H3. The van der Waals surface area contributed by atoms with Gasteiger partial charge in [0, 0.05) is 29.4 Å². The lowest BCUT2D eigenvalue weighted by molar-refractivity contribution is -0.384. The highest BCUT2D eigenvalue weighted by molar-refractivity contribution is 6.30. The average molecular weight is 307 g/mol. The molecule has 2 aromatic rings. The van der Waals surface area contributed by atoms with Crippen LogP contribution in [0.3, 0.4) is 0 Å². The van der Waals surface area contributed by atoms with Gasteiger partial charge in [0.15, 0.2) is 0 Å². The number of nitro groups is 1. The van der Waals surface area contributed by atoms with Crippen LogP contribution in [0, 0.1) is 10.1 Å². The molecule has 2 aromatic carbocycles. The normalized spacial score (nSPS) is 10.2. The maximum Gasteiger partial charge on any atom is 0.275 e. The molecule has 0 bridgehead atoms. The molecule has 0 radical (unpaired) electrons. The topological polar surface area (TPSA) is 64.4 Å². The third-order valence-electron chi connectivity index (χ3n) is 2.99. The molecule has 0 spiro atoms. The third kappa shape index (κ3) is 4.36. The zero-order valence-electron chi connectivity index (χ0n) is 11.5. The number of halogens is 1.